The molecule has 11 heteroatoms. The van der Waals surface area contributed by atoms with E-state index in [1.54, 1.807) is 0 Å². The third kappa shape index (κ3) is 2.68. The minimum absolute atomic E-state index is 0.129. The van der Waals surface area contributed by atoms with Crippen LogP contribution >= 0.6 is 0 Å². The molecule has 1 aromatic heterocycles. The molecule has 1 atom stereocenters. The van der Waals surface area contributed by atoms with Crippen LogP contribution in [0.25, 0.3) is 21.7 Å². The number of halogens is 6. The minimum atomic E-state index is -5.19. The molecule has 28 heavy (non-hydrogen) atoms. The van der Waals surface area contributed by atoms with Crippen LogP contribution in [0.15, 0.2) is 24.4 Å². The number of ketones is 1. The molecule has 0 bridgehead atoms. The van der Waals surface area contributed by atoms with Crippen LogP contribution in [-0.4, -0.2) is 42.1 Å². The molecule has 0 aliphatic carbocycles. The van der Waals surface area contributed by atoms with Crippen LogP contribution in [0.4, 0.5) is 32.0 Å². The molecule has 1 unspecified atom stereocenters. The molecule has 1 aliphatic rings. The van der Waals surface area contributed by atoms with E-state index in [2.05, 4.69) is 10.2 Å². The average Bonchev–Trinajstić information content (AvgIpc) is 3.06. The van der Waals surface area contributed by atoms with Crippen molar-refractivity contribution >= 4 is 33.1 Å². The fourth-order valence-corrected chi connectivity index (χ4v) is 3.50. The molecule has 2 aromatic carbocycles. The lowest BCUT2D eigenvalue weighted by Crippen LogP contribution is -2.36. The van der Waals surface area contributed by atoms with Gasteiger partial charge in [0.2, 0.25) is 0 Å². The molecule has 3 aromatic rings. The standard InChI is InChI=1S/C17H11F6N3O2/c1-26-6-28-15(17(21,22)23)9-3-2-8-11(13(9)26)10(14(27)16(18,19)20)4-7-5-24-25-12(7)8/h2-5,15H,6H2,1H3,(H,24,25). The predicted molar refractivity (Wildman–Crippen MR) is 87.1 cm³/mol. The minimum Gasteiger partial charge on any atom is -0.351 e. The van der Waals surface area contributed by atoms with Gasteiger partial charge in [0.25, 0.3) is 5.78 Å². The van der Waals surface area contributed by atoms with Crippen LogP contribution in [0.3, 0.4) is 0 Å². The van der Waals surface area contributed by atoms with Gasteiger partial charge in [0, 0.05) is 34.3 Å². The average molecular weight is 403 g/mol. The van der Waals surface area contributed by atoms with Crippen molar-refractivity contribution in [2.24, 2.45) is 0 Å². The summed E-state index contributed by atoms with van der Waals surface area (Å²) in [6.45, 7) is -0.503. The zero-order chi connectivity index (χ0) is 20.4. The van der Waals surface area contributed by atoms with Crippen LogP contribution in [0.2, 0.25) is 0 Å². The normalized spacial score (nSPS) is 18.0. The van der Waals surface area contributed by atoms with Crippen LogP contribution in [0, 0.1) is 0 Å². The number of carbonyl (C=O) groups excluding carboxylic acids is 1. The Morgan fingerprint density at radius 2 is 1.96 bits per heavy atom. The summed E-state index contributed by atoms with van der Waals surface area (Å²) in [5.41, 5.74) is -0.901. The van der Waals surface area contributed by atoms with E-state index in [1.807, 2.05) is 0 Å². The number of rotatable bonds is 1. The van der Waals surface area contributed by atoms with Crippen LogP contribution in [0.1, 0.15) is 22.0 Å². The highest BCUT2D eigenvalue weighted by atomic mass is 19.4. The van der Waals surface area contributed by atoms with Gasteiger partial charge in [-0.15, -0.1) is 0 Å². The van der Waals surface area contributed by atoms with E-state index >= 15 is 0 Å². The highest BCUT2D eigenvalue weighted by Gasteiger charge is 2.47. The maximum Gasteiger partial charge on any atom is 0.454 e. The van der Waals surface area contributed by atoms with E-state index < -0.39 is 36.5 Å². The second kappa shape index (κ2) is 5.84. The van der Waals surface area contributed by atoms with Crippen molar-refractivity contribution in [2.75, 3.05) is 18.7 Å². The van der Waals surface area contributed by atoms with Gasteiger partial charge < -0.3 is 9.64 Å². The Bertz CT molecular complexity index is 1100. The summed E-state index contributed by atoms with van der Waals surface area (Å²) in [4.78, 5) is 13.3. The Morgan fingerprint density at radius 1 is 1.25 bits per heavy atom. The Kier molecular flexibility index (Phi) is 3.86. The molecular formula is C17H11F6N3O2. The number of ether oxygens (including phenoxy) is 1. The monoisotopic (exact) mass is 403 g/mol. The Morgan fingerprint density at radius 3 is 2.61 bits per heavy atom. The van der Waals surface area contributed by atoms with Crippen molar-refractivity contribution in [3.8, 4) is 0 Å². The number of H-pyrrole nitrogens is 1. The lowest BCUT2D eigenvalue weighted by atomic mass is 9.91. The number of alkyl halides is 6. The predicted octanol–water partition coefficient (Wildman–Crippen LogP) is 4.49. The van der Waals surface area contributed by atoms with Gasteiger partial charge in [0.15, 0.2) is 6.10 Å². The second-order valence-electron chi connectivity index (χ2n) is 6.43. The maximum absolute atomic E-state index is 13.4. The van der Waals surface area contributed by atoms with Crippen LogP contribution in [0.5, 0.6) is 0 Å². The SMILES string of the molecule is CN1COC(C(F)(F)F)c2ccc3c(c(C(=O)C(F)(F)F)cc4cn[nH]c43)c21. The molecule has 4 rings (SSSR count). The molecule has 0 amide bonds. The zero-order valence-corrected chi connectivity index (χ0v) is 14.1. The quantitative estimate of drug-likeness (QED) is 0.481. The van der Waals surface area contributed by atoms with Crippen LogP contribution in [-0.2, 0) is 4.74 Å². The number of nitrogens with one attached hydrogen (secondary N) is 1. The number of aromatic amines is 1. The summed E-state index contributed by atoms with van der Waals surface area (Å²) in [6.07, 6.45) is -11.0. The van der Waals surface area contributed by atoms with Crippen molar-refractivity contribution < 1.29 is 35.9 Å². The summed E-state index contributed by atoms with van der Waals surface area (Å²) >= 11 is 0. The molecule has 148 valence electrons. The van der Waals surface area contributed by atoms with E-state index in [9.17, 15) is 31.1 Å². The van der Waals surface area contributed by atoms with Crippen LogP contribution < -0.4 is 4.90 Å². The van der Waals surface area contributed by atoms with E-state index in [4.69, 9.17) is 4.74 Å². The summed E-state index contributed by atoms with van der Waals surface area (Å²) in [7, 11) is 1.38. The van der Waals surface area contributed by atoms with E-state index in [0.29, 0.717) is 5.52 Å². The lowest BCUT2D eigenvalue weighted by Gasteiger charge is -2.35. The number of anilines is 1. The molecule has 0 fully saturated rings. The first-order valence-electron chi connectivity index (χ1n) is 7.94. The molecule has 5 nitrogen and oxygen atoms in total. The van der Waals surface area contributed by atoms with Gasteiger partial charge in [-0.2, -0.15) is 31.4 Å². The summed E-state index contributed by atoms with van der Waals surface area (Å²) in [5.74, 6) is -2.14. The number of Topliss-reactive ketones (excluding diaryl/α,β-unsaturated/α-hetero) is 1. The Balaban J connectivity index is 2.15. The highest BCUT2D eigenvalue weighted by Crippen LogP contribution is 2.47. The van der Waals surface area contributed by atoms with Gasteiger partial charge in [-0.1, -0.05) is 12.1 Å². The lowest BCUT2D eigenvalue weighted by molar-refractivity contribution is -0.225. The molecule has 0 saturated carbocycles. The number of aromatic nitrogens is 2. The van der Waals surface area contributed by atoms with E-state index in [0.717, 1.165) is 12.1 Å². The molecule has 0 saturated heterocycles. The van der Waals surface area contributed by atoms with Gasteiger partial charge in [0.1, 0.15) is 6.73 Å². The molecule has 0 spiro atoms. The highest BCUT2D eigenvalue weighted by molar-refractivity contribution is 6.21. The first-order valence-corrected chi connectivity index (χ1v) is 7.94. The Labute approximate surface area is 152 Å². The van der Waals surface area contributed by atoms with Gasteiger partial charge >= 0.3 is 12.4 Å². The first kappa shape index (κ1) is 18.5. The second-order valence-corrected chi connectivity index (χ2v) is 6.43. The third-order valence-corrected chi connectivity index (χ3v) is 4.61. The van der Waals surface area contributed by atoms with Gasteiger partial charge in [-0.25, -0.2) is 0 Å². The first-order chi connectivity index (χ1) is 13.0. The number of fused-ring (bicyclic) bond motifs is 5. The fraction of sp³-hybridized carbons (Fsp3) is 0.294. The number of hydrogen-bond acceptors (Lipinski definition) is 4. The third-order valence-electron chi connectivity index (χ3n) is 4.61. The summed E-state index contributed by atoms with van der Waals surface area (Å²) < 4.78 is 84.6. The molecular weight excluding hydrogens is 392 g/mol. The number of hydrogen-bond donors (Lipinski definition) is 1. The topological polar surface area (TPSA) is 58.2 Å². The van der Waals surface area contributed by atoms with Crippen molar-refractivity contribution in [3.05, 3.63) is 35.5 Å². The molecule has 1 aliphatic heterocycles. The summed E-state index contributed by atoms with van der Waals surface area (Å²) in [6, 6.07) is 3.37. The smallest absolute Gasteiger partial charge is 0.351 e. The maximum atomic E-state index is 13.4. The number of nitrogens with zero attached hydrogens (tertiary/aromatic N) is 2. The number of benzene rings is 2. The largest absolute Gasteiger partial charge is 0.454 e. The van der Waals surface area contributed by atoms with E-state index in [-0.39, 0.29) is 27.4 Å². The molecule has 0 radical (unpaired) electrons. The summed E-state index contributed by atoms with van der Waals surface area (Å²) in [5, 5.41) is 6.56. The van der Waals surface area contributed by atoms with E-state index in [1.165, 1.54) is 24.2 Å². The Hall–Kier alpha value is -2.82. The van der Waals surface area contributed by atoms with Crippen molar-refractivity contribution in [2.45, 2.75) is 18.5 Å². The fourth-order valence-electron chi connectivity index (χ4n) is 3.50. The van der Waals surface area contributed by atoms with Crippen molar-refractivity contribution in [1.29, 1.82) is 0 Å². The van der Waals surface area contributed by atoms with Gasteiger partial charge in [-0.05, 0) is 6.07 Å². The molecule has 2 heterocycles. The molecule has 1 N–H and O–H groups in total. The number of carbonyl (C=O) groups is 1. The van der Waals surface area contributed by atoms with Gasteiger partial charge in [0.05, 0.1) is 17.4 Å². The van der Waals surface area contributed by atoms with Crippen molar-refractivity contribution in [1.82, 2.24) is 10.2 Å². The van der Waals surface area contributed by atoms with Gasteiger partial charge in [-0.3, -0.25) is 9.89 Å². The van der Waals surface area contributed by atoms with Crippen molar-refractivity contribution in [3.63, 3.8) is 0 Å². The zero-order valence-electron chi connectivity index (χ0n) is 14.1.